The van der Waals surface area contributed by atoms with Gasteiger partial charge in [-0.3, -0.25) is 0 Å². The minimum absolute atomic E-state index is 0.630. The van der Waals surface area contributed by atoms with Gasteiger partial charge in [0.15, 0.2) is 0 Å². The summed E-state index contributed by atoms with van der Waals surface area (Å²) in [4.78, 5) is 0. The fourth-order valence-corrected chi connectivity index (χ4v) is 0. The third kappa shape index (κ3) is 2.25. The number of alkyl halides is 1. The van der Waals surface area contributed by atoms with Crippen molar-refractivity contribution >= 4 is 11.6 Å². The molecular weight excluding hydrogens is 75.5 g/mol. The molecule has 0 fully saturated rings. The van der Waals surface area contributed by atoms with Crippen molar-refractivity contribution in [1.29, 1.82) is 0 Å². The van der Waals surface area contributed by atoms with Gasteiger partial charge in [-0.15, -0.1) is 11.6 Å². The minimum atomic E-state index is -1.93. The second kappa shape index (κ2) is 3.25. The lowest BCUT2D eigenvalue weighted by molar-refractivity contribution is 0.321. The zero-order valence-corrected chi connectivity index (χ0v) is 2.79. The highest BCUT2D eigenvalue weighted by Gasteiger charge is 1.60. The number of hydrogen-bond acceptors (Lipinski definition) is 1. The Labute approximate surface area is 33.0 Å². The van der Waals surface area contributed by atoms with E-state index in [1.807, 2.05) is 0 Å². The number of aliphatic hydroxyl groups is 1. The highest BCUT2D eigenvalue weighted by Crippen LogP contribution is 1.63. The zero-order valence-electron chi connectivity index (χ0n) is 4.03. The summed E-state index contributed by atoms with van der Waals surface area (Å²) in [5, 5.41) is 7.90. The molecule has 0 aliphatic heterocycles. The van der Waals surface area contributed by atoms with Gasteiger partial charge < -0.3 is 5.11 Å². The second-order valence-electron chi connectivity index (χ2n) is 0.292. The lowest BCUT2D eigenvalue weighted by atomic mass is 10.9. The number of aliphatic hydroxyl groups excluding tert-OH is 1. The molecule has 0 saturated carbocycles. The van der Waals surface area contributed by atoms with E-state index in [0.29, 0.717) is 0 Å². The van der Waals surface area contributed by atoms with Gasteiger partial charge in [0, 0.05) is 8.57 Å². The van der Waals surface area contributed by atoms with E-state index in [1.54, 1.807) is 0 Å². The molecule has 0 aromatic carbocycles. The van der Waals surface area contributed by atoms with Gasteiger partial charge in [-0.1, -0.05) is 0 Å². The van der Waals surface area contributed by atoms with Gasteiger partial charge in [-0.2, -0.15) is 0 Å². The molecule has 0 rings (SSSR count). The SMILES string of the molecule is [2H]C([2H])(Cl)CO. The second-order valence-corrected chi connectivity index (χ2v) is 0.559. The van der Waals surface area contributed by atoms with Crippen LogP contribution in [0.4, 0.5) is 0 Å². The smallest absolute Gasteiger partial charge is 0.0566 e. The lowest BCUT2D eigenvalue weighted by Gasteiger charge is -1.67. The van der Waals surface area contributed by atoms with E-state index in [2.05, 4.69) is 0 Å². The summed E-state index contributed by atoms with van der Waals surface area (Å²) in [6.07, 6.45) is 0. The predicted molar refractivity (Wildman–Crippen MR) is 17.8 cm³/mol. The molecule has 0 aliphatic rings. The predicted octanol–water partition coefficient (Wildman–Crippen LogP) is 0.217. The largest absolute Gasteiger partial charge is 0.395 e. The Morgan fingerprint density at radius 3 is 2.50 bits per heavy atom. The van der Waals surface area contributed by atoms with Crippen LogP contribution in [0.3, 0.4) is 0 Å². The molecule has 0 amide bonds. The Balaban J connectivity index is 3.17. The zero-order chi connectivity index (χ0) is 5.21. The van der Waals surface area contributed by atoms with E-state index < -0.39 is 12.4 Å². The van der Waals surface area contributed by atoms with Crippen LogP contribution in [0.2, 0.25) is 0 Å². The lowest BCUT2D eigenvalue weighted by Crippen LogP contribution is -1.76. The molecule has 0 aromatic heterocycles. The fourth-order valence-electron chi connectivity index (χ4n) is 0. The first kappa shape index (κ1) is 1.63. The third-order valence-corrected chi connectivity index (χ3v) is 0.179. The minimum Gasteiger partial charge on any atom is -0.395 e. The van der Waals surface area contributed by atoms with Gasteiger partial charge in [-0.25, -0.2) is 0 Å². The molecule has 0 aromatic rings. The van der Waals surface area contributed by atoms with E-state index in [0.717, 1.165) is 0 Å². The summed E-state index contributed by atoms with van der Waals surface area (Å²) in [6.45, 7) is -0.630. The number of rotatable bonds is 1. The first-order valence-electron chi connectivity index (χ1n) is 1.86. The van der Waals surface area contributed by atoms with E-state index >= 15 is 0 Å². The summed E-state index contributed by atoms with van der Waals surface area (Å²) in [5.41, 5.74) is 0. The third-order valence-electron chi connectivity index (χ3n) is 0.0598. The molecule has 0 spiro atoms. The summed E-state index contributed by atoms with van der Waals surface area (Å²) >= 11 is 4.80. The summed E-state index contributed by atoms with van der Waals surface area (Å²) in [6, 6.07) is 0. The van der Waals surface area contributed by atoms with Gasteiger partial charge in [-0.05, 0) is 0 Å². The highest BCUT2D eigenvalue weighted by molar-refractivity contribution is 6.17. The normalized spacial score (nSPS) is 18.5. The Bertz CT molecular complexity index is 41.3. The molecule has 26 valence electrons. The van der Waals surface area contributed by atoms with Crippen LogP contribution in [0.15, 0.2) is 0 Å². The van der Waals surface area contributed by atoms with Crippen molar-refractivity contribution in [2.24, 2.45) is 0 Å². The van der Waals surface area contributed by atoms with Crippen molar-refractivity contribution in [3.63, 3.8) is 0 Å². The van der Waals surface area contributed by atoms with Crippen LogP contribution in [0.1, 0.15) is 2.74 Å². The molecule has 0 saturated heterocycles. The first-order chi connectivity index (χ1) is 2.56. The van der Waals surface area contributed by atoms with Gasteiger partial charge in [0.2, 0.25) is 0 Å². The van der Waals surface area contributed by atoms with E-state index in [-0.39, 0.29) is 0 Å². The Hall–Kier alpha value is 0.250. The monoisotopic (exact) mass is 82.0 g/mol. The molecule has 0 atom stereocenters. The summed E-state index contributed by atoms with van der Waals surface area (Å²) in [5.74, 6) is -1.93. The summed E-state index contributed by atoms with van der Waals surface area (Å²) < 4.78 is 12.7. The number of halogens is 1. The van der Waals surface area contributed by atoms with E-state index in [1.165, 1.54) is 0 Å². The molecule has 0 heterocycles. The maximum absolute atomic E-state index is 7.90. The molecular formula is C2H5ClO. The van der Waals surface area contributed by atoms with Crippen molar-refractivity contribution < 1.29 is 7.85 Å². The average molecular weight is 82.5 g/mol. The Morgan fingerprint density at radius 1 is 2.25 bits per heavy atom. The van der Waals surface area contributed by atoms with Gasteiger partial charge >= 0.3 is 0 Å². The van der Waals surface area contributed by atoms with Crippen molar-refractivity contribution in [2.75, 3.05) is 12.4 Å². The standard InChI is InChI=1S/C2H5ClO/c3-1-2-4/h4H,1-2H2/i1D2. The molecule has 0 radical (unpaired) electrons. The van der Waals surface area contributed by atoms with Crippen LogP contribution in [0.5, 0.6) is 0 Å². The van der Waals surface area contributed by atoms with Gasteiger partial charge in [0.25, 0.3) is 0 Å². The first-order valence-corrected chi connectivity index (χ1v) is 1.24. The van der Waals surface area contributed by atoms with Crippen LogP contribution in [0, 0.1) is 0 Å². The molecule has 4 heavy (non-hydrogen) atoms. The maximum Gasteiger partial charge on any atom is 0.0566 e. The van der Waals surface area contributed by atoms with Crippen LogP contribution in [-0.4, -0.2) is 17.5 Å². The fraction of sp³-hybridized carbons (Fsp3) is 1.00. The van der Waals surface area contributed by atoms with Crippen LogP contribution in [0.25, 0.3) is 0 Å². The Morgan fingerprint density at radius 2 is 2.50 bits per heavy atom. The highest BCUT2D eigenvalue weighted by atomic mass is 35.5. The van der Waals surface area contributed by atoms with Crippen molar-refractivity contribution in [1.82, 2.24) is 0 Å². The molecule has 0 unspecified atom stereocenters. The topological polar surface area (TPSA) is 20.2 Å². The van der Waals surface area contributed by atoms with Crippen LogP contribution >= 0.6 is 11.6 Å². The van der Waals surface area contributed by atoms with E-state index in [4.69, 9.17) is 19.4 Å². The Kier molecular flexibility index (Phi) is 1.32. The van der Waals surface area contributed by atoms with E-state index in [9.17, 15) is 0 Å². The molecule has 0 aliphatic carbocycles. The van der Waals surface area contributed by atoms with Crippen molar-refractivity contribution in [2.45, 2.75) is 0 Å². The summed E-state index contributed by atoms with van der Waals surface area (Å²) in [7, 11) is 0. The number of hydrogen-bond donors (Lipinski definition) is 1. The maximum atomic E-state index is 7.90. The molecule has 1 N–H and O–H groups in total. The van der Waals surface area contributed by atoms with Gasteiger partial charge in [0.05, 0.1) is 6.61 Å². The molecule has 2 heteroatoms. The van der Waals surface area contributed by atoms with Crippen LogP contribution < -0.4 is 0 Å². The van der Waals surface area contributed by atoms with Gasteiger partial charge in [0.1, 0.15) is 0 Å². The molecule has 0 bridgehead atoms. The molecule has 1 nitrogen and oxygen atoms in total. The quantitative estimate of drug-likeness (QED) is 0.449. The average Bonchev–Trinajstić information content (AvgIpc) is 1.35. The van der Waals surface area contributed by atoms with Crippen molar-refractivity contribution in [3.05, 3.63) is 0 Å². The van der Waals surface area contributed by atoms with Crippen molar-refractivity contribution in [3.8, 4) is 0 Å². The van der Waals surface area contributed by atoms with Crippen LogP contribution in [-0.2, 0) is 0 Å².